The zero-order valence-electron chi connectivity index (χ0n) is 10.4. The van der Waals surface area contributed by atoms with Crippen LogP contribution in [-0.4, -0.2) is 40.5 Å². The van der Waals surface area contributed by atoms with Crippen molar-refractivity contribution in [3.05, 3.63) is 0 Å². The van der Waals surface area contributed by atoms with Gasteiger partial charge in [-0.25, -0.2) is 10.1 Å². The second-order valence-corrected chi connectivity index (χ2v) is 5.07. The molecule has 0 aliphatic rings. The third kappa shape index (κ3) is 6.15. The van der Waals surface area contributed by atoms with E-state index in [1.807, 2.05) is 0 Å². The quantitative estimate of drug-likeness (QED) is 0.389. The van der Waals surface area contributed by atoms with E-state index in [4.69, 9.17) is 5.11 Å². The Bertz CT molecular complexity index is 317. The van der Waals surface area contributed by atoms with Gasteiger partial charge in [-0.15, -0.1) is 0 Å². The Morgan fingerprint density at radius 1 is 1.39 bits per heavy atom. The number of aliphatic carboxylic acids is 1. The lowest BCUT2D eigenvalue weighted by Gasteiger charge is -2.25. The molecule has 0 bridgehead atoms. The minimum absolute atomic E-state index is 0.0916. The largest absolute Gasteiger partial charge is 0.480 e. The highest BCUT2D eigenvalue weighted by Gasteiger charge is 2.45. The summed E-state index contributed by atoms with van der Waals surface area (Å²) in [5.74, 6) is -3.19. The fraction of sp³-hybridized carbons (Fsp3) is 0.800. The van der Waals surface area contributed by atoms with E-state index in [-0.39, 0.29) is 12.2 Å². The van der Waals surface area contributed by atoms with Gasteiger partial charge in [-0.3, -0.25) is 4.79 Å². The number of carbonyl (C=O) groups excluding carboxylic acids is 1. The molecule has 8 heteroatoms. The van der Waals surface area contributed by atoms with Crippen LogP contribution in [0.2, 0.25) is 0 Å². The van der Waals surface area contributed by atoms with Gasteiger partial charge in [0.05, 0.1) is 0 Å². The molecule has 106 valence electrons. The number of ether oxygens (including phenoxy) is 1. The summed E-state index contributed by atoms with van der Waals surface area (Å²) in [6, 6.07) is -5.62. The Balaban J connectivity index is 4.71. The molecular weight excluding hydrogens is 268 g/mol. The lowest BCUT2D eigenvalue weighted by molar-refractivity contribution is -0.190. The first-order chi connectivity index (χ1) is 7.99. The lowest BCUT2D eigenvalue weighted by Crippen LogP contribution is -2.54. The smallest absolute Gasteiger partial charge is 0.400 e. The Hall–Kier alpha value is -0.890. The Morgan fingerprint density at radius 2 is 1.89 bits per heavy atom. The first kappa shape index (κ1) is 17.1. The topological polar surface area (TPSA) is 75.6 Å². The van der Waals surface area contributed by atoms with E-state index in [0.29, 0.717) is 0 Å². The molecule has 0 aliphatic heterocycles. The molecule has 0 fully saturated rings. The van der Waals surface area contributed by atoms with Gasteiger partial charge in [0.15, 0.2) is 0 Å². The number of carboxylic acid groups (broad SMARTS) is 1. The molecule has 0 aromatic carbocycles. The molecule has 0 heterocycles. The molecule has 0 amide bonds. The zero-order chi connectivity index (χ0) is 14.6. The van der Waals surface area contributed by atoms with Gasteiger partial charge in [-0.1, -0.05) is 0 Å². The fourth-order valence-electron chi connectivity index (χ4n) is 1.01. The monoisotopic (exact) mass is 285 g/mol. The van der Waals surface area contributed by atoms with Gasteiger partial charge in [-0.05, 0) is 32.9 Å². The van der Waals surface area contributed by atoms with Crippen molar-refractivity contribution in [1.29, 1.82) is 0 Å². The van der Waals surface area contributed by atoms with E-state index in [2.05, 4.69) is 17.4 Å². The Kier molecular flexibility index (Phi) is 6.01. The predicted octanol–water partition coefficient (Wildman–Crippen LogP) is 1.28. The summed E-state index contributed by atoms with van der Waals surface area (Å²) in [6.45, 7) is 4.30. The van der Waals surface area contributed by atoms with Crippen LogP contribution < -0.4 is 5.32 Å². The molecule has 0 aliphatic carbocycles. The molecule has 0 saturated carbocycles. The van der Waals surface area contributed by atoms with Gasteiger partial charge in [0, 0.05) is 0 Å². The van der Waals surface area contributed by atoms with Crippen LogP contribution in [0.5, 0.6) is 0 Å². The van der Waals surface area contributed by atoms with Gasteiger partial charge in [0.2, 0.25) is 0 Å². The molecule has 0 saturated heterocycles. The second-order valence-electron chi connectivity index (χ2n) is 4.62. The van der Waals surface area contributed by atoms with Crippen LogP contribution in [0.25, 0.3) is 0 Å². The molecule has 0 radical (unpaired) electrons. The van der Waals surface area contributed by atoms with E-state index >= 15 is 0 Å². The zero-order valence-corrected chi connectivity index (χ0v) is 11.3. The molecule has 0 aromatic heterocycles. The molecular formula is C10H17F2NO4S. The number of alkyl halides is 2. The molecule has 0 aromatic rings. The Labute approximate surface area is 109 Å². The maximum Gasteiger partial charge on any atom is 0.400 e. The van der Waals surface area contributed by atoms with Crippen molar-refractivity contribution in [3.63, 3.8) is 0 Å². The van der Waals surface area contributed by atoms with Crippen LogP contribution in [0.3, 0.4) is 0 Å². The van der Waals surface area contributed by atoms with Crippen LogP contribution in [0.1, 0.15) is 27.2 Å². The SMILES string of the molecule is CC(C)(C)OC(=O)C(F)(F)N[C@@H](CCS)C(=O)O. The number of thiol groups is 1. The number of rotatable bonds is 6. The van der Waals surface area contributed by atoms with Crippen molar-refractivity contribution in [3.8, 4) is 0 Å². The summed E-state index contributed by atoms with van der Waals surface area (Å²) in [4.78, 5) is 21.9. The summed E-state index contributed by atoms with van der Waals surface area (Å²) in [5, 5.41) is 10.2. The summed E-state index contributed by atoms with van der Waals surface area (Å²) in [6.07, 6.45) is -0.142. The second kappa shape index (κ2) is 6.33. The van der Waals surface area contributed by atoms with E-state index in [0.717, 1.165) is 0 Å². The van der Waals surface area contributed by atoms with Gasteiger partial charge in [-0.2, -0.15) is 21.4 Å². The predicted molar refractivity (Wildman–Crippen MR) is 63.8 cm³/mol. The van der Waals surface area contributed by atoms with Crippen LogP contribution in [0, 0.1) is 0 Å². The third-order valence-corrected chi connectivity index (χ3v) is 1.98. The maximum atomic E-state index is 13.4. The van der Waals surface area contributed by atoms with Crippen molar-refractivity contribution in [2.45, 2.75) is 44.9 Å². The maximum absolute atomic E-state index is 13.4. The van der Waals surface area contributed by atoms with Gasteiger partial charge in [0.1, 0.15) is 11.6 Å². The van der Waals surface area contributed by atoms with Crippen molar-refractivity contribution in [2.24, 2.45) is 0 Å². The summed E-state index contributed by atoms with van der Waals surface area (Å²) in [7, 11) is 0. The molecule has 18 heavy (non-hydrogen) atoms. The van der Waals surface area contributed by atoms with Crippen molar-refractivity contribution in [2.75, 3.05) is 5.75 Å². The normalized spacial score (nSPS) is 14.1. The minimum Gasteiger partial charge on any atom is -0.480 e. The number of hydrogen-bond donors (Lipinski definition) is 3. The molecule has 0 unspecified atom stereocenters. The Morgan fingerprint density at radius 3 is 2.22 bits per heavy atom. The first-order valence-electron chi connectivity index (χ1n) is 5.22. The van der Waals surface area contributed by atoms with Crippen molar-refractivity contribution in [1.82, 2.24) is 5.32 Å². The minimum atomic E-state index is -4.06. The average Bonchev–Trinajstić information content (AvgIpc) is 2.13. The molecule has 2 N–H and O–H groups in total. The summed E-state index contributed by atoms with van der Waals surface area (Å²) < 4.78 is 31.3. The number of carboxylic acids is 1. The number of carbonyl (C=O) groups is 2. The van der Waals surface area contributed by atoms with E-state index in [9.17, 15) is 18.4 Å². The molecule has 1 atom stereocenters. The molecule has 5 nitrogen and oxygen atoms in total. The third-order valence-electron chi connectivity index (χ3n) is 1.73. The average molecular weight is 285 g/mol. The van der Waals surface area contributed by atoms with Crippen LogP contribution in [-0.2, 0) is 14.3 Å². The number of hydrogen-bond acceptors (Lipinski definition) is 5. The van der Waals surface area contributed by atoms with Crippen molar-refractivity contribution < 1.29 is 28.2 Å². The highest BCUT2D eigenvalue weighted by atomic mass is 32.1. The molecule has 0 rings (SSSR count). The highest BCUT2D eigenvalue weighted by molar-refractivity contribution is 7.80. The van der Waals surface area contributed by atoms with Crippen LogP contribution in [0.4, 0.5) is 8.78 Å². The first-order valence-corrected chi connectivity index (χ1v) is 5.85. The van der Waals surface area contributed by atoms with Crippen molar-refractivity contribution >= 4 is 24.6 Å². The number of esters is 1. The van der Waals surface area contributed by atoms with Crippen LogP contribution in [0.15, 0.2) is 0 Å². The summed E-state index contributed by atoms with van der Waals surface area (Å²) >= 11 is 3.76. The lowest BCUT2D eigenvalue weighted by atomic mass is 10.2. The number of halogens is 2. The fourth-order valence-corrected chi connectivity index (χ4v) is 1.26. The highest BCUT2D eigenvalue weighted by Crippen LogP contribution is 2.18. The van der Waals surface area contributed by atoms with E-state index < -0.39 is 29.6 Å². The van der Waals surface area contributed by atoms with Crippen LogP contribution >= 0.6 is 12.6 Å². The standard InChI is InChI=1S/C10H17F2NO4S/c1-9(2,3)17-8(16)10(11,12)13-6(4-5-18)7(14)15/h6,13,18H,4-5H2,1-3H3,(H,14,15)/t6-/m0/s1. The van der Waals surface area contributed by atoms with E-state index in [1.165, 1.54) is 26.1 Å². The van der Waals surface area contributed by atoms with Gasteiger partial charge in [0.25, 0.3) is 0 Å². The van der Waals surface area contributed by atoms with E-state index in [1.54, 1.807) is 0 Å². The molecule has 0 spiro atoms. The van der Waals surface area contributed by atoms with Gasteiger partial charge < -0.3 is 9.84 Å². The number of nitrogens with one attached hydrogen (secondary N) is 1. The van der Waals surface area contributed by atoms with Gasteiger partial charge >= 0.3 is 18.0 Å². The summed E-state index contributed by atoms with van der Waals surface area (Å²) in [5.41, 5.74) is -1.08.